The normalized spacial score (nSPS) is 25.0. The number of rotatable bonds is 2. The van der Waals surface area contributed by atoms with Crippen molar-refractivity contribution in [3.63, 3.8) is 0 Å². The van der Waals surface area contributed by atoms with Gasteiger partial charge in [0.05, 0.1) is 23.2 Å². The molecule has 4 heterocycles. The molecule has 2 saturated carbocycles. The zero-order valence-corrected chi connectivity index (χ0v) is 27.9. The number of nitrogens with zero attached hydrogens (tertiary/aromatic N) is 4. The first-order chi connectivity index (χ1) is 23.9. The number of amides is 2. The summed E-state index contributed by atoms with van der Waals surface area (Å²) in [5.41, 5.74) is 5.15. The molecule has 2 amide bonds. The Morgan fingerprint density at radius 1 is 0.571 bits per heavy atom. The van der Waals surface area contributed by atoms with E-state index in [4.69, 9.17) is 0 Å². The molecule has 2 aromatic carbocycles. The van der Waals surface area contributed by atoms with Gasteiger partial charge in [0, 0.05) is 60.8 Å². The number of carbonyl (C=O) groups excluding carboxylic acids is 2. The number of fused-ring (bicyclic) bond motifs is 2. The van der Waals surface area contributed by atoms with Crippen molar-refractivity contribution in [1.29, 1.82) is 0 Å². The van der Waals surface area contributed by atoms with E-state index in [0.717, 1.165) is 59.3 Å². The van der Waals surface area contributed by atoms with E-state index >= 15 is 0 Å². The highest BCUT2D eigenvalue weighted by molar-refractivity contribution is 5.87. The van der Waals surface area contributed by atoms with Gasteiger partial charge in [-0.15, -0.1) is 0 Å². The summed E-state index contributed by atoms with van der Waals surface area (Å²) < 4.78 is 12.9. The second kappa shape index (κ2) is 14.1. The van der Waals surface area contributed by atoms with Gasteiger partial charge >= 0.3 is 0 Å². The summed E-state index contributed by atoms with van der Waals surface area (Å²) >= 11 is 0. The first-order valence-corrected chi connectivity index (χ1v) is 17.2. The van der Waals surface area contributed by atoms with Crippen molar-refractivity contribution in [2.45, 2.75) is 62.4 Å². The third-order valence-corrected chi connectivity index (χ3v) is 10.7. The molecule has 0 N–H and O–H groups in total. The average Bonchev–Trinajstić information content (AvgIpc) is 3.91. The Hall–Kier alpha value is -5.27. The van der Waals surface area contributed by atoms with Crippen LogP contribution in [-0.4, -0.2) is 57.8 Å². The molecule has 2 aliphatic carbocycles. The Labute approximate surface area is 287 Å². The van der Waals surface area contributed by atoms with Crippen molar-refractivity contribution in [1.82, 2.24) is 19.8 Å². The van der Waals surface area contributed by atoms with Crippen LogP contribution in [0.2, 0.25) is 0 Å². The number of likely N-dealkylation sites (N-methyl/N-ethyl adjacent to an activating group) is 2. The predicted octanol–water partition coefficient (Wildman–Crippen LogP) is 6.55. The molecule has 246 valence electrons. The van der Waals surface area contributed by atoms with E-state index in [9.17, 15) is 14.0 Å². The average molecular weight is 651 g/mol. The van der Waals surface area contributed by atoms with Gasteiger partial charge in [0.2, 0.25) is 11.8 Å². The molecule has 4 fully saturated rings. The van der Waals surface area contributed by atoms with Gasteiger partial charge in [0.1, 0.15) is 5.82 Å². The SMILES string of the molecule is CN1C(=O)C(c2ccc(C#Cc3ccc(F)cc3)cn2)C2CCCC21.CN1C(=O)[C@H](c2ccc(C#Cc3ccccc3)cn2)[C@H]2CCC[C@H]21. The molecule has 0 bridgehead atoms. The minimum atomic E-state index is -0.270. The maximum atomic E-state index is 12.9. The van der Waals surface area contributed by atoms with Gasteiger partial charge in [-0.1, -0.05) is 54.7 Å². The van der Waals surface area contributed by atoms with Crippen molar-refractivity contribution in [2.75, 3.05) is 14.1 Å². The van der Waals surface area contributed by atoms with Gasteiger partial charge < -0.3 is 9.80 Å². The zero-order chi connectivity index (χ0) is 33.9. The van der Waals surface area contributed by atoms with E-state index in [-0.39, 0.29) is 29.5 Å². The molecule has 49 heavy (non-hydrogen) atoms. The summed E-state index contributed by atoms with van der Waals surface area (Å²) in [5.74, 6) is 13.1. The van der Waals surface area contributed by atoms with E-state index in [1.807, 2.05) is 78.5 Å². The molecule has 6 nitrogen and oxygen atoms in total. The summed E-state index contributed by atoms with van der Waals surface area (Å²) in [6.45, 7) is 0. The van der Waals surface area contributed by atoms with Crippen LogP contribution in [0.15, 0.2) is 91.3 Å². The van der Waals surface area contributed by atoms with E-state index < -0.39 is 0 Å². The quantitative estimate of drug-likeness (QED) is 0.231. The molecule has 6 atom stereocenters. The van der Waals surface area contributed by atoms with E-state index in [1.165, 1.54) is 25.0 Å². The Bertz CT molecular complexity index is 1940. The number of hydrogen-bond donors (Lipinski definition) is 0. The maximum Gasteiger partial charge on any atom is 0.232 e. The van der Waals surface area contributed by atoms with Gasteiger partial charge in [-0.05, 0) is 98.2 Å². The highest BCUT2D eigenvalue weighted by Crippen LogP contribution is 2.46. The smallest absolute Gasteiger partial charge is 0.232 e. The van der Waals surface area contributed by atoms with Gasteiger partial charge in [-0.2, -0.15) is 0 Å². The first kappa shape index (κ1) is 32.3. The Balaban J connectivity index is 0.000000154. The lowest BCUT2D eigenvalue weighted by Gasteiger charge is -2.17. The minimum Gasteiger partial charge on any atom is -0.342 e. The largest absolute Gasteiger partial charge is 0.342 e. The summed E-state index contributed by atoms with van der Waals surface area (Å²) in [7, 11) is 3.85. The van der Waals surface area contributed by atoms with Gasteiger partial charge in [-0.3, -0.25) is 19.6 Å². The van der Waals surface area contributed by atoms with Crippen LogP contribution in [0.3, 0.4) is 0 Å². The van der Waals surface area contributed by atoms with Crippen LogP contribution in [0.5, 0.6) is 0 Å². The second-order valence-electron chi connectivity index (χ2n) is 13.5. The van der Waals surface area contributed by atoms with Crippen LogP contribution < -0.4 is 0 Å². The number of carbonyl (C=O) groups is 2. The Morgan fingerprint density at radius 3 is 1.45 bits per heavy atom. The van der Waals surface area contributed by atoms with Crippen LogP contribution in [-0.2, 0) is 9.59 Å². The Kier molecular flexibility index (Phi) is 9.27. The van der Waals surface area contributed by atoms with Crippen LogP contribution in [0, 0.1) is 41.3 Å². The third kappa shape index (κ3) is 6.72. The van der Waals surface area contributed by atoms with Crippen molar-refractivity contribution in [2.24, 2.45) is 11.8 Å². The number of likely N-dealkylation sites (tertiary alicyclic amines) is 2. The fraction of sp³-hybridized carbons (Fsp3) is 0.333. The van der Waals surface area contributed by atoms with Gasteiger partial charge in [0.15, 0.2) is 0 Å². The lowest BCUT2D eigenvalue weighted by Crippen LogP contribution is -2.29. The van der Waals surface area contributed by atoms with Gasteiger partial charge in [0.25, 0.3) is 0 Å². The fourth-order valence-corrected chi connectivity index (χ4v) is 8.17. The molecule has 2 saturated heterocycles. The number of halogens is 1. The summed E-state index contributed by atoms with van der Waals surface area (Å²) in [5, 5.41) is 0. The molecule has 0 spiro atoms. The molecule has 4 aliphatic rings. The van der Waals surface area contributed by atoms with Crippen LogP contribution in [0.1, 0.15) is 84.0 Å². The predicted molar refractivity (Wildman–Crippen MR) is 187 cm³/mol. The third-order valence-electron chi connectivity index (χ3n) is 10.7. The first-order valence-electron chi connectivity index (χ1n) is 17.2. The second-order valence-corrected chi connectivity index (χ2v) is 13.5. The van der Waals surface area contributed by atoms with E-state index in [1.54, 1.807) is 24.5 Å². The Morgan fingerprint density at radius 2 is 1.00 bits per heavy atom. The fourth-order valence-electron chi connectivity index (χ4n) is 8.17. The number of aromatic nitrogens is 2. The molecule has 2 aliphatic heterocycles. The van der Waals surface area contributed by atoms with Crippen molar-refractivity contribution in [3.8, 4) is 23.7 Å². The van der Waals surface area contributed by atoms with E-state index in [2.05, 4.69) is 33.6 Å². The summed E-state index contributed by atoms with van der Waals surface area (Å²) in [6, 6.07) is 24.6. The lowest BCUT2D eigenvalue weighted by atomic mass is 9.89. The molecule has 2 aromatic heterocycles. The van der Waals surface area contributed by atoms with Crippen molar-refractivity contribution >= 4 is 11.8 Å². The highest BCUT2D eigenvalue weighted by atomic mass is 19.1. The molecule has 4 aromatic rings. The number of pyridine rings is 2. The molecular weight excluding hydrogens is 611 g/mol. The molecule has 8 rings (SSSR count). The summed E-state index contributed by atoms with van der Waals surface area (Å²) in [6.07, 6.45) is 10.4. The van der Waals surface area contributed by atoms with Crippen LogP contribution >= 0.6 is 0 Å². The van der Waals surface area contributed by atoms with Crippen LogP contribution in [0.4, 0.5) is 4.39 Å². The minimum absolute atomic E-state index is 0.0707. The van der Waals surface area contributed by atoms with Crippen molar-refractivity contribution < 1.29 is 14.0 Å². The highest BCUT2D eigenvalue weighted by Gasteiger charge is 2.50. The van der Waals surface area contributed by atoms with Crippen LogP contribution in [0.25, 0.3) is 0 Å². The standard InChI is InChI=1S/C21H19FN2O.C21H20N2O/c1-24-19-4-2-3-17(19)20(21(24)25)18-12-9-15(13-23-18)6-5-14-7-10-16(22)11-8-14;1-23-19-9-5-8-17(19)20(21(23)24)18-13-12-16(14-22-18)11-10-15-6-3-2-4-7-15/h7-13,17,19-20H,2-4H2,1H3;2-4,6-7,12-14,17,19-20H,5,8-9H2,1H3/t;17-,19+,20-/m.0/s1. The topological polar surface area (TPSA) is 66.4 Å². The van der Waals surface area contributed by atoms with E-state index in [0.29, 0.717) is 23.9 Å². The number of benzene rings is 2. The lowest BCUT2D eigenvalue weighted by molar-refractivity contribution is -0.129. The maximum absolute atomic E-state index is 12.9. The van der Waals surface area contributed by atoms with Gasteiger partial charge in [-0.25, -0.2) is 4.39 Å². The monoisotopic (exact) mass is 650 g/mol. The summed E-state index contributed by atoms with van der Waals surface area (Å²) in [4.78, 5) is 38.1. The molecule has 0 radical (unpaired) electrons. The zero-order valence-electron chi connectivity index (χ0n) is 27.9. The molecular formula is C42H39FN4O2. The van der Waals surface area contributed by atoms with Crippen molar-refractivity contribution in [3.05, 3.63) is 131 Å². The number of hydrogen-bond acceptors (Lipinski definition) is 4. The molecule has 3 unspecified atom stereocenters. The molecule has 7 heteroatoms.